The van der Waals surface area contributed by atoms with Gasteiger partial charge in [0.2, 0.25) is 0 Å². The molecule has 0 radical (unpaired) electrons. The quantitative estimate of drug-likeness (QED) is 0.311. The molecule has 0 spiro atoms. The lowest BCUT2D eigenvalue weighted by Crippen LogP contribution is -2.27. The number of unbranched alkanes of at least 4 members (excludes halogenated alkanes) is 12. The molecule has 3 heteroatoms. The number of benzene rings is 1. The molecule has 1 unspecified atom stereocenters. The molecule has 28 heavy (non-hydrogen) atoms. The number of aliphatic hydroxyl groups is 1. The van der Waals surface area contributed by atoms with Crippen molar-refractivity contribution in [2.75, 3.05) is 6.61 Å². The zero-order valence-corrected chi connectivity index (χ0v) is 18.0. The number of ether oxygens (including phenoxy) is 2. The fourth-order valence-electron chi connectivity index (χ4n) is 3.96. The molecule has 1 aliphatic heterocycles. The molecule has 0 aromatic heterocycles. The van der Waals surface area contributed by atoms with Gasteiger partial charge >= 0.3 is 0 Å². The molecule has 1 N–H and O–H groups in total. The number of hydrogen-bond donors (Lipinski definition) is 1. The highest BCUT2D eigenvalue weighted by atomic mass is 16.7. The topological polar surface area (TPSA) is 38.7 Å². The highest BCUT2D eigenvalue weighted by Crippen LogP contribution is 2.29. The summed E-state index contributed by atoms with van der Waals surface area (Å²) in [4.78, 5) is 0. The Morgan fingerprint density at radius 1 is 0.821 bits per heavy atom. The van der Waals surface area contributed by atoms with Crippen molar-refractivity contribution in [3.05, 3.63) is 35.9 Å². The molecule has 1 heterocycles. The summed E-state index contributed by atoms with van der Waals surface area (Å²) < 4.78 is 11.6. The third-order valence-corrected chi connectivity index (χ3v) is 5.81. The number of hydrogen-bond acceptors (Lipinski definition) is 3. The van der Waals surface area contributed by atoms with Crippen LogP contribution in [0.3, 0.4) is 0 Å². The molecule has 0 saturated carbocycles. The van der Waals surface area contributed by atoms with Crippen molar-refractivity contribution in [1.29, 1.82) is 0 Å². The molecule has 0 amide bonds. The molecule has 1 aromatic rings. The normalized spacial score (nSPS) is 20.5. The van der Waals surface area contributed by atoms with Crippen LogP contribution in [0.1, 0.15) is 109 Å². The van der Waals surface area contributed by atoms with Gasteiger partial charge in [-0.05, 0) is 6.42 Å². The Morgan fingerprint density at radius 2 is 1.36 bits per heavy atom. The Labute approximate surface area is 172 Å². The Bertz CT molecular complexity index is 476. The fourth-order valence-corrected chi connectivity index (χ4v) is 3.96. The summed E-state index contributed by atoms with van der Waals surface area (Å²) in [6.45, 7) is 2.76. The van der Waals surface area contributed by atoms with E-state index >= 15 is 0 Å². The zero-order valence-electron chi connectivity index (χ0n) is 18.0. The predicted molar refractivity (Wildman–Crippen MR) is 116 cm³/mol. The van der Waals surface area contributed by atoms with Gasteiger partial charge in [-0.3, -0.25) is 0 Å². The van der Waals surface area contributed by atoms with Gasteiger partial charge in [-0.1, -0.05) is 121 Å². The first-order valence-electron chi connectivity index (χ1n) is 11.8. The van der Waals surface area contributed by atoms with E-state index in [2.05, 4.69) is 6.92 Å². The van der Waals surface area contributed by atoms with Gasteiger partial charge < -0.3 is 14.6 Å². The van der Waals surface area contributed by atoms with Crippen LogP contribution in [0.5, 0.6) is 0 Å². The summed E-state index contributed by atoms with van der Waals surface area (Å²) >= 11 is 0. The van der Waals surface area contributed by atoms with Crippen LogP contribution in [-0.4, -0.2) is 23.9 Å². The summed E-state index contributed by atoms with van der Waals surface area (Å²) in [5, 5.41) is 10.4. The molecule has 2 rings (SSSR count). The molecule has 3 atom stereocenters. The van der Waals surface area contributed by atoms with Crippen LogP contribution in [0.25, 0.3) is 0 Å². The zero-order chi connectivity index (χ0) is 19.9. The molecule has 0 bridgehead atoms. The van der Waals surface area contributed by atoms with E-state index in [9.17, 15) is 5.11 Å². The molecular formula is C25H42O3. The van der Waals surface area contributed by atoms with Crippen LogP contribution >= 0.6 is 0 Å². The first-order chi connectivity index (χ1) is 13.8. The van der Waals surface area contributed by atoms with Crippen LogP contribution in [0.4, 0.5) is 0 Å². The maximum atomic E-state index is 10.4. The van der Waals surface area contributed by atoms with Crippen molar-refractivity contribution in [2.24, 2.45) is 0 Å². The Kier molecular flexibility index (Phi) is 12.5. The minimum absolute atomic E-state index is 0.192. The van der Waals surface area contributed by atoms with E-state index in [0.29, 0.717) is 6.61 Å². The summed E-state index contributed by atoms with van der Waals surface area (Å²) in [7, 11) is 0. The summed E-state index contributed by atoms with van der Waals surface area (Å²) in [5.41, 5.74) is 1.03. The van der Waals surface area contributed by atoms with Gasteiger partial charge in [-0.25, -0.2) is 0 Å². The van der Waals surface area contributed by atoms with Crippen LogP contribution in [0.15, 0.2) is 30.3 Å². The fraction of sp³-hybridized carbons (Fsp3) is 0.760. The SMILES string of the molecule is CCCCCCCCCCCCCCC[C@@H](O)[C@H]1COC(c2ccccc2)O1. The van der Waals surface area contributed by atoms with Gasteiger partial charge in [0.15, 0.2) is 6.29 Å². The molecule has 160 valence electrons. The lowest BCUT2D eigenvalue weighted by atomic mass is 10.0. The maximum absolute atomic E-state index is 10.4. The van der Waals surface area contributed by atoms with Crippen molar-refractivity contribution in [2.45, 2.75) is 115 Å². The molecule has 1 saturated heterocycles. The van der Waals surface area contributed by atoms with Gasteiger partial charge in [-0.2, -0.15) is 0 Å². The highest BCUT2D eigenvalue weighted by molar-refractivity contribution is 5.16. The van der Waals surface area contributed by atoms with Gasteiger partial charge in [0.25, 0.3) is 0 Å². The lowest BCUT2D eigenvalue weighted by Gasteiger charge is -2.17. The van der Waals surface area contributed by atoms with Gasteiger partial charge in [0.1, 0.15) is 6.10 Å². The second-order valence-electron chi connectivity index (χ2n) is 8.35. The first kappa shape index (κ1) is 23.4. The van der Waals surface area contributed by atoms with E-state index in [-0.39, 0.29) is 12.4 Å². The second kappa shape index (κ2) is 15.0. The predicted octanol–water partition coefficient (Wildman–Crippen LogP) is 6.94. The third kappa shape index (κ3) is 9.54. The minimum Gasteiger partial charge on any atom is -0.390 e. The average Bonchev–Trinajstić information content (AvgIpc) is 3.22. The van der Waals surface area contributed by atoms with Crippen molar-refractivity contribution < 1.29 is 14.6 Å². The highest BCUT2D eigenvalue weighted by Gasteiger charge is 2.31. The van der Waals surface area contributed by atoms with Crippen molar-refractivity contribution in [3.63, 3.8) is 0 Å². The van der Waals surface area contributed by atoms with E-state index in [4.69, 9.17) is 9.47 Å². The maximum Gasteiger partial charge on any atom is 0.184 e. The molecule has 1 fully saturated rings. The second-order valence-corrected chi connectivity index (χ2v) is 8.35. The van der Waals surface area contributed by atoms with Gasteiger partial charge in [-0.15, -0.1) is 0 Å². The average molecular weight is 391 g/mol. The Hall–Kier alpha value is -0.900. The van der Waals surface area contributed by atoms with E-state index in [0.717, 1.165) is 18.4 Å². The van der Waals surface area contributed by atoms with E-state index in [1.54, 1.807) is 0 Å². The van der Waals surface area contributed by atoms with Crippen LogP contribution in [0.2, 0.25) is 0 Å². The van der Waals surface area contributed by atoms with Crippen molar-refractivity contribution >= 4 is 0 Å². The molecule has 0 aliphatic carbocycles. The number of rotatable bonds is 16. The smallest absolute Gasteiger partial charge is 0.184 e. The molecule has 1 aromatic carbocycles. The number of aliphatic hydroxyl groups excluding tert-OH is 1. The summed E-state index contributed by atoms with van der Waals surface area (Å²) in [6.07, 6.45) is 17.4. The lowest BCUT2D eigenvalue weighted by molar-refractivity contribution is -0.0843. The Balaban J connectivity index is 1.40. The summed E-state index contributed by atoms with van der Waals surface area (Å²) in [5.74, 6) is 0. The van der Waals surface area contributed by atoms with Crippen LogP contribution in [-0.2, 0) is 9.47 Å². The van der Waals surface area contributed by atoms with Crippen molar-refractivity contribution in [1.82, 2.24) is 0 Å². The molecular weight excluding hydrogens is 348 g/mol. The standard InChI is InChI=1S/C25H42O3/c1-2-3-4-5-6-7-8-9-10-11-12-13-17-20-23(26)24-21-27-25(28-24)22-18-15-14-16-19-22/h14-16,18-19,23-26H,2-13,17,20-21H2,1H3/t23-,24-,25?/m1/s1. The monoisotopic (exact) mass is 390 g/mol. The molecule has 1 aliphatic rings. The molecule has 3 nitrogen and oxygen atoms in total. The van der Waals surface area contributed by atoms with Gasteiger partial charge in [0, 0.05) is 5.56 Å². The van der Waals surface area contributed by atoms with E-state index < -0.39 is 6.10 Å². The summed E-state index contributed by atoms with van der Waals surface area (Å²) in [6, 6.07) is 9.97. The largest absolute Gasteiger partial charge is 0.390 e. The van der Waals surface area contributed by atoms with Crippen molar-refractivity contribution in [3.8, 4) is 0 Å². The Morgan fingerprint density at radius 3 is 1.93 bits per heavy atom. The van der Waals surface area contributed by atoms with Gasteiger partial charge in [0.05, 0.1) is 12.7 Å². The van der Waals surface area contributed by atoms with E-state index in [1.165, 1.54) is 77.0 Å². The third-order valence-electron chi connectivity index (χ3n) is 5.81. The van der Waals surface area contributed by atoms with Crippen LogP contribution < -0.4 is 0 Å². The van der Waals surface area contributed by atoms with E-state index in [1.807, 2.05) is 30.3 Å². The van der Waals surface area contributed by atoms with Crippen LogP contribution in [0, 0.1) is 0 Å². The minimum atomic E-state index is -0.415. The first-order valence-corrected chi connectivity index (χ1v) is 11.8.